The van der Waals surface area contributed by atoms with Gasteiger partial charge in [-0.2, -0.15) is 5.10 Å². The van der Waals surface area contributed by atoms with Crippen LogP contribution in [-0.2, 0) is 6.54 Å². The first-order chi connectivity index (χ1) is 11.8. The summed E-state index contributed by atoms with van der Waals surface area (Å²) in [6.07, 6.45) is 0. The molecule has 1 amide bonds. The molecule has 25 heavy (non-hydrogen) atoms. The lowest BCUT2D eigenvalue weighted by Gasteiger charge is -2.07. The van der Waals surface area contributed by atoms with E-state index in [9.17, 15) is 18.0 Å². The molecule has 9 heteroatoms. The molecule has 0 aliphatic carbocycles. The van der Waals surface area contributed by atoms with Crippen molar-refractivity contribution in [2.45, 2.75) is 20.4 Å². The molecular weight excluding hydrogens is 353 g/mol. The monoisotopic (exact) mass is 366 g/mol. The number of thiophene rings is 1. The number of nitrogens with two attached hydrogens (primary N) is 1. The molecule has 0 bridgehead atoms. The van der Waals surface area contributed by atoms with Crippen LogP contribution >= 0.6 is 11.3 Å². The number of benzene rings is 1. The van der Waals surface area contributed by atoms with E-state index in [0.717, 1.165) is 16.9 Å². The molecule has 0 aliphatic rings. The molecule has 1 aromatic carbocycles. The predicted molar refractivity (Wildman–Crippen MR) is 88.8 cm³/mol. The number of nitrogen functional groups attached to an aromatic ring is 1. The van der Waals surface area contributed by atoms with Crippen molar-refractivity contribution in [2.75, 3.05) is 5.73 Å². The molecule has 0 saturated heterocycles. The lowest BCUT2D eigenvalue weighted by Crippen LogP contribution is -2.23. The van der Waals surface area contributed by atoms with Crippen LogP contribution in [0.5, 0.6) is 0 Å². The van der Waals surface area contributed by atoms with E-state index in [1.54, 1.807) is 6.92 Å². The summed E-state index contributed by atoms with van der Waals surface area (Å²) in [5, 5.41) is 11.1. The molecule has 0 radical (unpaired) electrons. The number of carbonyl (C=O) groups is 1. The van der Waals surface area contributed by atoms with Gasteiger partial charge in [0, 0.05) is 23.6 Å². The standard InChI is InChI=1S/C16H13F3N4OS/c1-6-7(2)22-23-16-12(6)13(20)14(25-16)15(24)21-5-8-3-10(18)11(19)4-9(8)17/h3-4H,5,20H2,1-2H3,(H,21,24). The SMILES string of the molecule is Cc1nnc2sc(C(=O)NCc3cc(F)c(F)cc3F)c(N)c2c1C. The maximum absolute atomic E-state index is 13.6. The Balaban J connectivity index is 1.87. The lowest BCUT2D eigenvalue weighted by molar-refractivity contribution is 0.0955. The van der Waals surface area contributed by atoms with E-state index >= 15 is 0 Å². The van der Waals surface area contributed by atoms with E-state index in [1.165, 1.54) is 0 Å². The van der Waals surface area contributed by atoms with E-state index in [-0.39, 0.29) is 22.7 Å². The van der Waals surface area contributed by atoms with Crippen molar-refractivity contribution in [1.29, 1.82) is 0 Å². The highest BCUT2D eigenvalue weighted by Crippen LogP contribution is 2.34. The zero-order valence-electron chi connectivity index (χ0n) is 13.3. The number of nitrogens with one attached hydrogen (secondary N) is 1. The number of aryl methyl sites for hydroxylation is 2. The molecular formula is C16H13F3N4OS. The number of rotatable bonds is 3. The minimum atomic E-state index is -1.29. The summed E-state index contributed by atoms with van der Waals surface area (Å²) < 4.78 is 39.8. The Labute approximate surface area is 144 Å². The molecule has 2 heterocycles. The second kappa shape index (κ2) is 6.32. The van der Waals surface area contributed by atoms with Crippen LogP contribution in [0.15, 0.2) is 12.1 Å². The Morgan fingerprint density at radius 3 is 2.56 bits per heavy atom. The van der Waals surface area contributed by atoms with Gasteiger partial charge in [-0.25, -0.2) is 13.2 Å². The molecule has 2 aromatic heterocycles. The van der Waals surface area contributed by atoms with Gasteiger partial charge in [-0.1, -0.05) is 0 Å². The number of nitrogens with zero attached hydrogens (tertiary/aromatic N) is 2. The summed E-state index contributed by atoms with van der Waals surface area (Å²) in [6.45, 7) is 3.30. The van der Waals surface area contributed by atoms with Crippen molar-refractivity contribution in [3.05, 3.63) is 51.3 Å². The number of halogens is 3. The number of aromatic nitrogens is 2. The molecule has 3 aromatic rings. The Kier molecular flexibility index (Phi) is 4.34. The van der Waals surface area contributed by atoms with Crippen LogP contribution in [0, 0.1) is 31.3 Å². The van der Waals surface area contributed by atoms with Crippen molar-refractivity contribution < 1.29 is 18.0 Å². The maximum Gasteiger partial charge on any atom is 0.263 e. The third-order valence-corrected chi connectivity index (χ3v) is 4.96. The number of fused-ring (bicyclic) bond motifs is 1. The van der Waals surface area contributed by atoms with Crippen molar-refractivity contribution in [3.8, 4) is 0 Å². The first kappa shape index (κ1) is 17.2. The van der Waals surface area contributed by atoms with Gasteiger partial charge < -0.3 is 11.1 Å². The predicted octanol–water partition coefficient (Wildman–Crippen LogP) is 3.24. The molecule has 0 saturated carbocycles. The second-order valence-electron chi connectivity index (χ2n) is 5.48. The van der Waals surface area contributed by atoms with E-state index in [0.29, 0.717) is 28.0 Å². The van der Waals surface area contributed by atoms with Crippen molar-refractivity contribution in [1.82, 2.24) is 15.5 Å². The highest BCUT2D eigenvalue weighted by molar-refractivity contribution is 7.21. The molecule has 5 nitrogen and oxygen atoms in total. The summed E-state index contributed by atoms with van der Waals surface area (Å²) in [5.74, 6) is -3.97. The van der Waals surface area contributed by atoms with Crippen LogP contribution in [0.4, 0.5) is 18.9 Å². The highest BCUT2D eigenvalue weighted by atomic mass is 32.1. The van der Waals surface area contributed by atoms with Crippen LogP contribution in [0.25, 0.3) is 10.2 Å². The molecule has 0 fully saturated rings. The Bertz CT molecular complexity index is 1000. The van der Waals surface area contributed by atoms with E-state index in [1.807, 2.05) is 6.92 Å². The van der Waals surface area contributed by atoms with Gasteiger partial charge in [-0.3, -0.25) is 4.79 Å². The fraction of sp³-hybridized carbons (Fsp3) is 0.188. The maximum atomic E-state index is 13.6. The fourth-order valence-corrected chi connectivity index (χ4v) is 3.38. The molecule has 0 unspecified atom stereocenters. The van der Waals surface area contributed by atoms with Crippen molar-refractivity contribution in [3.63, 3.8) is 0 Å². The fourth-order valence-electron chi connectivity index (χ4n) is 2.36. The molecule has 0 spiro atoms. The first-order valence-corrected chi connectivity index (χ1v) is 8.04. The molecule has 0 aliphatic heterocycles. The summed E-state index contributed by atoms with van der Waals surface area (Å²) in [7, 11) is 0. The van der Waals surface area contributed by atoms with Crippen LogP contribution in [0.3, 0.4) is 0 Å². The minimum absolute atomic E-state index is 0.168. The number of hydrogen-bond donors (Lipinski definition) is 2. The largest absolute Gasteiger partial charge is 0.397 e. The summed E-state index contributed by atoms with van der Waals surface area (Å²) in [6, 6.07) is 1.14. The Hall–Kier alpha value is -2.68. The van der Waals surface area contributed by atoms with E-state index < -0.39 is 23.4 Å². The van der Waals surface area contributed by atoms with Crippen LogP contribution in [0.1, 0.15) is 26.5 Å². The van der Waals surface area contributed by atoms with E-state index in [2.05, 4.69) is 15.5 Å². The van der Waals surface area contributed by atoms with Crippen molar-refractivity contribution in [2.24, 2.45) is 0 Å². The van der Waals surface area contributed by atoms with Gasteiger partial charge in [0.1, 0.15) is 15.5 Å². The van der Waals surface area contributed by atoms with E-state index in [4.69, 9.17) is 5.73 Å². The summed E-state index contributed by atoms with van der Waals surface area (Å²) in [4.78, 5) is 13.1. The average molecular weight is 366 g/mol. The summed E-state index contributed by atoms with van der Waals surface area (Å²) >= 11 is 1.06. The minimum Gasteiger partial charge on any atom is -0.397 e. The average Bonchev–Trinajstić information content (AvgIpc) is 2.90. The van der Waals surface area contributed by atoms with Crippen LogP contribution < -0.4 is 11.1 Å². The Morgan fingerprint density at radius 2 is 1.84 bits per heavy atom. The van der Waals surface area contributed by atoms with Gasteiger partial charge in [0.15, 0.2) is 11.6 Å². The lowest BCUT2D eigenvalue weighted by atomic mass is 10.1. The highest BCUT2D eigenvalue weighted by Gasteiger charge is 2.20. The van der Waals surface area contributed by atoms with Gasteiger partial charge in [-0.05, 0) is 25.5 Å². The van der Waals surface area contributed by atoms with Crippen molar-refractivity contribution >= 4 is 33.1 Å². The number of amides is 1. The summed E-state index contributed by atoms with van der Waals surface area (Å²) in [5.41, 5.74) is 7.67. The zero-order chi connectivity index (χ0) is 18.3. The molecule has 3 N–H and O–H groups in total. The molecule has 130 valence electrons. The number of hydrogen-bond acceptors (Lipinski definition) is 5. The second-order valence-corrected chi connectivity index (χ2v) is 6.47. The van der Waals surface area contributed by atoms with Gasteiger partial charge in [-0.15, -0.1) is 16.4 Å². The Morgan fingerprint density at radius 1 is 1.16 bits per heavy atom. The smallest absolute Gasteiger partial charge is 0.263 e. The molecule has 0 atom stereocenters. The topological polar surface area (TPSA) is 80.9 Å². The van der Waals surface area contributed by atoms with Crippen LogP contribution in [0.2, 0.25) is 0 Å². The normalized spacial score (nSPS) is 11.1. The van der Waals surface area contributed by atoms with Gasteiger partial charge in [0.2, 0.25) is 0 Å². The number of carbonyl (C=O) groups excluding carboxylic acids is 1. The quantitative estimate of drug-likeness (QED) is 0.698. The first-order valence-electron chi connectivity index (χ1n) is 7.23. The van der Waals surface area contributed by atoms with Gasteiger partial charge >= 0.3 is 0 Å². The zero-order valence-corrected chi connectivity index (χ0v) is 14.1. The number of anilines is 1. The van der Waals surface area contributed by atoms with Crippen LogP contribution in [-0.4, -0.2) is 16.1 Å². The van der Waals surface area contributed by atoms with Gasteiger partial charge in [0.25, 0.3) is 5.91 Å². The van der Waals surface area contributed by atoms with Gasteiger partial charge in [0.05, 0.1) is 11.4 Å². The molecule has 3 rings (SSSR count). The third-order valence-electron chi connectivity index (χ3n) is 3.87. The third kappa shape index (κ3) is 3.02.